The highest BCUT2D eigenvalue weighted by Crippen LogP contribution is 2.36. The summed E-state index contributed by atoms with van der Waals surface area (Å²) in [5.74, 6) is 1.14. The normalized spacial score (nSPS) is 16.6. The average molecular weight is 572 g/mol. The number of aryl methyl sites for hydroxylation is 2. The molecule has 1 aliphatic carbocycles. The minimum absolute atomic E-state index is 0.103. The molecule has 11 nitrogen and oxygen atoms in total. The Morgan fingerprint density at radius 1 is 1.07 bits per heavy atom. The van der Waals surface area contributed by atoms with Gasteiger partial charge in [0.05, 0.1) is 37.3 Å². The topological polar surface area (TPSA) is 112 Å². The summed E-state index contributed by atoms with van der Waals surface area (Å²) < 4.78 is 7.11. The van der Waals surface area contributed by atoms with Gasteiger partial charge in [-0.2, -0.15) is 5.10 Å². The highest BCUT2D eigenvalue weighted by Gasteiger charge is 2.28. The number of carbonyl (C=O) groups excluding carboxylic acids is 3. The lowest BCUT2D eigenvalue weighted by Crippen LogP contribution is -2.52. The Morgan fingerprint density at radius 2 is 1.86 bits per heavy atom. The van der Waals surface area contributed by atoms with Crippen LogP contribution in [0.3, 0.4) is 0 Å². The summed E-state index contributed by atoms with van der Waals surface area (Å²) in [6.45, 7) is 5.91. The second kappa shape index (κ2) is 11.8. The van der Waals surface area contributed by atoms with Crippen molar-refractivity contribution in [3.63, 3.8) is 0 Å². The van der Waals surface area contributed by atoms with E-state index in [-0.39, 0.29) is 24.5 Å². The Balaban J connectivity index is 1.04. The molecule has 0 radical (unpaired) electrons. The molecule has 0 spiro atoms. The monoisotopic (exact) mass is 571 g/mol. The van der Waals surface area contributed by atoms with E-state index in [2.05, 4.69) is 15.7 Å². The maximum Gasteiger partial charge on any atom is 0.320 e. The minimum atomic E-state index is -0.184. The Hall–Kier alpha value is -4.38. The Morgan fingerprint density at radius 3 is 2.62 bits per heavy atom. The van der Waals surface area contributed by atoms with Crippen LogP contribution in [0.2, 0.25) is 0 Å². The molecule has 3 amide bonds. The molecule has 2 fully saturated rings. The number of rotatable bonds is 7. The molecule has 1 saturated carbocycles. The molecule has 6 rings (SSSR count). The van der Waals surface area contributed by atoms with E-state index in [9.17, 15) is 14.4 Å². The smallest absolute Gasteiger partial charge is 0.320 e. The van der Waals surface area contributed by atoms with Crippen LogP contribution < -0.4 is 15.5 Å². The number of nitrogens with zero attached hydrogens (tertiary/aromatic N) is 5. The predicted octanol–water partition coefficient (Wildman–Crippen LogP) is 3.41. The first-order valence-corrected chi connectivity index (χ1v) is 14.5. The molecule has 0 atom stereocenters. The number of nitrogens with one attached hydrogen (secondary N) is 2. The van der Waals surface area contributed by atoms with E-state index in [0.717, 1.165) is 46.7 Å². The maximum atomic E-state index is 13.8. The summed E-state index contributed by atoms with van der Waals surface area (Å²) in [6, 6.07) is 13.2. The molecule has 1 saturated heterocycles. The fourth-order valence-electron chi connectivity index (χ4n) is 5.44. The quantitative estimate of drug-likeness (QED) is 0.418. The van der Waals surface area contributed by atoms with E-state index in [0.29, 0.717) is 57.4 Å². The Bertz CT molecular complexity index is 1490. The SMILES string of the molecule is Cc1cc(C(=O)N2Cc3cnn(C)c3Nc3ccccc32)ccc1CNC(=O)N1CCN(CC(=O)OCC2CC2)CC1. The van der Waals surface area contributed by atoms with E-state index < -0.39 is 0 Å². The molecule has 3 heterocycles. The first kappa shape index (κ1) is 27.8. The first-order chi connectivity index (χ1) is 20.4. The number of benzene rings is 2. The van der Waals surface area contributed by atoms with Crippen molar-refractivity contribution in [3.8, 4) is 0 Å². The lowest BCUT2D eigenvalue weighted by atomic mass is 10.0. The van der Waals surface area contributed by atoms with Crippen LogP contribution >= 0.6 is 0 Å². The third kappa shape index (κ3) is 6.11. The molecule has 3 aromatic rings. The number of aromatic nitrogens is 2. The fraction of sp³-hybridized carbons (Fsp3) is 0.419. The molecule has 220 valence electrons. The zero-order chi connectivity index (χ0) is 29.2. The van der Waals surface area contributed by atoms with E-state index in [1.165, 1.54) is 0 Å². The number of para-hydroxylation sites is 2. The van der Waals surface area contributed by atoms with Crippen LogP contribution in [0.5, 0.6) is 0 Å². The molecule has 0 bridgehead atoms. The van der Waals surface area contributed by atoms with Crippen LogP contribution in [0.4, 0.5) is 22.0 Å². The summed E-state index contributed by atoms with van der Waals surface area (Å²) in [5.41, 5.74) is 5.05. The van der Waals surface area contributed by atoms with Crippen molar-refractivity contribution in [1.29, 1.82) is 0 Å². The Kier molecular flexibility index (Phi) is 7.84. The number of hydrogen-bond donors (Lipinski definition) is 2. The highest BCUT2D eigenvalue weighted by molar-refractivity contribution is 6.08. The second-order valence-electron chi connectivity index (χ2n) is 11.4. The first-order valence-electron chi connectivity index (χ1n) is 14.5. The van der Waals surface area contributed by atoms with Crippen molar-refractivity contribution in [2.75, 3.05) is 49.5 Å². The van der Waals surface area contributed by atoms with Crippen molar-refractivity contribution in [2.45, 2.75) is 32.9 Å². The molecule has 2 N–H and O–H groups in total. The number of amides is 3. The molecule has 1 aromatic heterocycles. The number of piperazine rings is 1. The van der Waals surface area contributed by atoms with Crippen LogP contribution in [0.25, 0.3) is 0 Å². The molecule has 0 unspecified atom stereocenters. The van der Waals surface area contributed by atoms with Gasteiger partial charge in [0.2, 0.25) is 0 Å². The molecular formula is C31H37N7O4. The number of fused-ring (bicyclic) bond motifs is 2. The summed E-state index contributed by atoms with van der Waals surface area (Å²) >= 11 is 0. The number of ether oxygens (including phenoxy) is 1. The lowest BCUT2D eigenvalue weighted by Gasteiger charge is -2.34. The van der Waals surface area contributed by atoms with Crippen molar-refractivity contribution in [3.05, 3.63) is 70.9 Å². The predicted molar refractivity (Wildman–Crippen MR) is 159 cm³/mol. The van der Waals surface area contributed by atoms with Gasteiger partial charge in [0.1, 0.15) is 5.82 Å². The van der Waals surface area contributed by atoms with Gasteiger partial charge < -0.3 is 25.2 Å². The van der Waals surface area contributed by atoms with E-state index in [4.69, 9.17) is 4.74 Å². The number of esters is 1. The van der Waals surface area contributed by atoms with Crippen molar-refractivity contribution in [1.82, 2.24) is 24.9 Å². The molecule has 2 aliphatic heterocycles. The zero-order valence-corrected chi connectivity index (χ0v) is 24.1. The number of carbonyl (C=O) groups is 3. The van der Waals surface area contributed by atoms with Crippen molar-refractivity contribution >= 4 is 35.1 Å². The third-order valence-electron chi connectivity index (χ3n) is 8.24. The van der Waals surface area contributed by atoms with E-state index in [1.807, 2.05) is 61.3 Å². The van der Waals surface area contributed by atoms with Gasteiger partial charge in [-0.25, -0.2) is 4.79 Å². The van der Waals surface area contributed by atoms with Gasteiger partial charge in [-0.05, 0) is 61.1 Å². The lowest BCUT2D eigenvalue weighted by molar-refractivity contribution is -0.145. The van der Waals surface area contributed by atoms with Crippen LogP contribution in [0.15, 0.2) is 48.7 Å². The summed E-state index contributed by atoms with van der Waals surface area (Å²) in [6.07, 6.45) is 4.10. The highest BCUT2D eigenvalue weighted by atomic mass is 16.5. The zero-order valence-electron chi connectivity index (χ0n) is 24.1. The number of hydrogen-bond acceptors (Lipinski definition) is 7. The van der Waals surface area contributed by atoms with Crippen molar-refractivity contribution < 1.29 is 19.1 Å². The minimum Gasteiger partial charge on any atom is -0.464 e. The van der Waals surface area contributed by atoms with Gasteiger partial charge in [0, 0.05) is 50.9 Å². The molecule has 3 aliphatic rings. The van der Waals surface area contributed by atoms with Crippen LogP contribution in [0.1, 0.15) is 39.9 Å². The summed E-state index contributed by atoms with van der Waals surface area (Å²) in [7, 11) is 1.88. The number of urea groups is 1. The number of anilines is 3. The standard InChI is InChI=1S/C31H37N7O4/c1-21-15-23(30(40)38-18-25-17-33-35(2)29(25)34-26-5-3-4-6-27(26)38)9-10-24(21)16-32-31(41)37-13-11-36(12-14-37)19-28(39)42-20-22-7-8-22/h3-6,9-10,15,17,22,34H,7-8,11-14,16,18-20H2,1-2H3,(H,32,41). The van der Waals surface area contributed by atoms with Gasteiger partial charge in [0.25, 0.3) is 5.91 Å². The fourth-order valence-corrected chi connectivity index (χ4v) is 5.44. The van der Waals surface area contributed by atoms with Gasteiger partial charge >= 0.3 is 12.0 Å². The molecule has 2 aromatic carbocycles. The Labute approximate surface area is 245 Å². The molecular weight excluding hydrogens is 534 g/mol. The molecule has 11 heteroatoms. The van der Waals surface area contributed by atoms with Crippen LogP contribution in [-0.2, 0) is 29.7 Å². The second-order valence-corrected chi connectivity index (χ2v) is 11.4. The van der Waals surface area contributed by atoms with Crippen molar-refractivity contribution in [2.24, 2.45) is 13.0 Å². The summed E-state index contributed by atoms with van der Waals surface area (Å²) in [5, 5.41) is 10.8. The average Bonchev–Trinajstić information content (AvgIpc) is 3.79. The van der Waals surface area contributed by atoms with E-state index in [1.54, 1.807) is 20.7 Å². The van der Waals surface area contributed by atoms with Gasteiger partial charge in [0.15, 0.2) is 0 Å². The maximum absolute atomic E-state index is 13.8. The molecule has 42 heavy (non-hydrogen) atoms. The largest absolute Gasteiger partial charge is 0.464 e. The van der Waals surface area contributed by atoms with Crippen LogP contribution in [0, 0.1) is 12.8 Å². The third-order valence-corrected chi connectivity index (χ3v) is 8.24. The van der Waals surface area contributed by atoms with Crippen LogP contribution in [-0.4, -0.2) is 76.8 Å². The van der Waals surface area contributed by atoms with Gasteiger partial charge in [-0.3, -0.25) is 19.2 Å². The summed E-state index contributed by atoms with van der Waals surface area (Å²) in [4.78, 5) is 44.3. The van der Waals surface area contributed by atoms with E-state index >= 15 is 0 Å². The van der Waals surface area contributed by atoms with Gasteiger partial charge in [-0.1, -0.05) is 18.2 Å². The van der Waals surface area contributed by atoms with Gasteiger partial charge in [-0.15, -0.1) is 0 Å².